The molecule has 0 saturated heterocycles. The Morgan fingerprint density at radius 3 is 2.21 bits per heavy atom. The summed E-state index contributed by atoms with van der Waals surface area (Å²) in [4.78, 5) is 40.5. The molecule has 0 aliphatic heterocycles. The fourth-order valence-corrected chi connectivity index (χ4v) is 4.09. The highest BCUT2D eigenvalue weighted by molar-refractivity contribution is 7.90. The van der Waals surface area contributed by atoms with Crippen LogP contribution in [0.2, 0.25) is 0 Å². The van der Waals surface area contributed by atoms with E-state index >= 15 is 0 Å². The molecule has 2 amide bonds. The highest BCUT2D eigenvalue weighted by atomic mass is 32.2. The van der Waals surface area contributed by atoms with Crippen molar-refractivity contribution in [3.63, 3.8) is 0 Å². The second kappa shape index (κ2) is 12.4. The molecular formula is C27H29N3O7S. The molecule has 38 heavy (non-hydrogen) atoms. The molecule has 3 rings (SSSR count). The molecule has 0 atom stereocenters. The van der Waals surface area contributed by atoms with Gasteiger partial charge in [-0.2, -0.15) is 0 Å². The summed E-state index contributed by atoms with van der Waals surface area (Å²) in [6.45, 7) is 3.62. The normalized spacial score (nSPS) is 11.4. The zero-order chi connectivity index (χ0) is 27.8. The number of pyridine rings is 1. The molecule has 1 aromatic heterocycles. The molecule has 3 N–H and O–H groups in total. The van der Waals surface area contributed by atoms with Crippen LogP contribution in [0.5, 0.6) is 0 Å². The third-order valence-electron chi connectivity index (χ3n) is 5.45. The van der Waals surface area contributed by atoms with Crippen LogP contribution in [0.3, 0.4) is 0 Å². The number of aliphatic hydroxyl groups excluding tert-OH is 1. The van der Waals surface area contributed by atoms with E-state index in [9.17, 15) is 27.9 Å². The van der Waals surface area contributed by atoms with Crippen molar-refractivity contribution in [1.29, 1.82) is 0 Å². The summed E-state index contributed by atoms with van der Waals surface area (Å²) in [5.41, 5.74) is 0.620. The summed E-state index contributed by atoms with van der Waals surface area (Å²) in [6.07, 6.45) is 1.56. The fourth-order valence-electron chi connectivity index (χ4n) is 3.12. The summed E-state index contributed by atoms with van der Waals surface area (Å²) in [6, 6.07) is 17.3. The average Bonchev–Trinajstić information content (AvgIpc) is 2.92. The number of esters is 1. The number of nitrogens with one attached hydrogen (secondary N) is 2. The van der Waals surface area contributed by atoms with Gasteiger partial charge in [-0.25, -0.2) is 22.9 Å². The summed E-state index contributed by atoms with van der Waals surface area (Å²) in [7, 11) is -4.16. The van der Waals surface area contributed by atoms with Gasteiger partial charge in [-0.05, 0) is 48.4 Å². The van der Waals surface area contributed by atoms with E-state index in [-0.39, 0.29) is 35.3 Å². The lowest BCUT2D eigenvalue weighted by Gasteiger charge is -2.20. The van der Waals surface area contributed by atoms with Crippen molar-refractivity contribution in [2.45, 2.75) is 25.2 Å². The first-order valence-electron chi connectivity index (χ1n) is 11.7. The maximum absolute atomic E-state index is 12.7. The van der Waals surface area contributed by atoms with Crippen LogP contribution >= 0.6 is 0 Å². The minimum Gasteiger partial charge on any atom is -0.460 e. The second-order valence-electron chi connectivity index (χ2n) is 9.28. The molecule has 0 bridgehead atoms. The molecule has 11 heteroatoms. The third-order valence-corrected chi connectivity index (χ3v) is 6.80. The number of ether oxygens (including phenoxy) is 1. The van der Waals surface area contributed by atoms with Crippen LogP contribution in [0.4, 0.5) is 0 Å². The van der Waals surface area contributed by atoms with E-state index < -0.39 is 27.3 Å². The van der Waals surface area contributed by atoms with Gasteiger partial charge in [0.25, 0.3) is 21.8 Å². The Labute approximate surface area is 221 Å². The van der Waals surface area contributed by atoms with Crippen LogP contribution in [-0.2, 0) is 21.2 Å². The van der Waals surface area contributed by atoms with Crippen molar-refractivity contribution in [3.8, 4) is 0 Å². The largest absolute Gasteiger partial charge is 0.460 e. The lowest BCUT2D eigenvalue weighted by atomic mass is 9.97. The quantitative estimate of drug-likeness (QED) is 0.314. The fraction of sp³-hybridized carbons (Fsp3) is 0.259. The summed E-state index contributed by atoms with van der Waals surface area (Å²) >= 11 is 0. The van der Waals surface area contributed by atoms with Gasteiger partial charge in [0, 0.05) is 23.7 Å². The third kappa shape index (κ3) is 7.95. The molecule has 0 aliphatic carbocycles. The molecule has 0 aliphatic rings. The number of hydrogen-bond acceptors (Lipinski definition) is 8. The highest BCUT2D eigenvalue weighted by Crippen LogP contribution is 2.15. The maximum Gasteiger partial charge on any atom is 0.356 e. The van der Waals surface area contributed by atoms with Crippen molar-refractivity contribution in [1.82, 2.24) is 15.0 Å². The average molecular weight is 540 g/mol. The summed E-state index contributed by atoms with van der Waals surface area (Å²) in [5.74, 6) is -1.84. The Kier molecular flexibility index (Phi) is 9.32. The van der Waals surface area contributed by atoms with Gasteiger partial charge in [0.2, 0.25) is 0 Å². The van der Waals surface area contributed by atoms with Crippen LogP contribution in [0.15, 0.2) is 77.8 Å². The molecule has 0 fully saturated rings. The number of nitrogens with zero attached hydrogens (tertiary/aromatic N) is 1. The van der Waals surface area contributed by atoms with Gasteiger partial charge in [-0.1, -0.05) is 44.2 Å². The SMILES string of the molecule is CC(C)(CO)COC(=O)c1ccc(C(=O)NS(=O)(=O)c2ccc(CCNC(=O)c3ccccc3)cc2)cn1. The molecule has 200 valence electrons. The van der Waals surface area contributed by atoms with Gasteiger partial charge in [-0.15, -0.1) is 0 Å². The number of sulfonamides is 1. The van der Waals surface area contributed by atoms with E-state index in [1.54, 1.807) is 50.2 Å². The molecule has 0 spiro atoms. The van der Waals surface area contributed by atoms with Crippen LogP contribution in [0.1, 0.15) is 50.6 Å². The highest BCUT2D eigenvalue weighted by Gasteiger charge is 2.22. The molecule has 0 unspecified atom stereocenters. The molecule has 1 heterocycles. The van der Waals surface area contributed by atoms with Crippen molar-refractivity contribution in [2.24, 2.45) is 5.41 Å². The van der Waals surface area contributed by atoms with Crippen LogP contribution in [0, 0.1) is 5.41 Å². The standard InChI is InChI=1S/C27H29N3O7S/c1-27(2,17-31)18-37-26(34)23-13-10-21(16-29-23)25(33)30-38(35,36)22-11-8-19(9-12-22)14-15-28-24(32)20-6-4-3-5-7-20/h3-13,16,31H,14-15,17-18H2,1-2H3,(H,28,32)(H,30,33). The number of hydrogen-bond donors (Lipinski definition) is 3. The predicted octanol–water partition coefficient (Wildman–Crippen LogP) is 2.35. The number of aromatic nitrogens is 1. The Morgan fingerprint density at radius 2 is 1.61 bits per heavy atom. The zero-order valence-electron chi connectivity index (χ0n) is 21.0. The zero-order valence-corrected chi connectivity index (χ0v) is 21.8. The predicted molar refractivity (Wildman–Crippen MR) is 139 cm³/mol. The topological polar surface area (TPSA) is 152 Å². The molecule has 0 saturated carbocycles. The van der Waals surface area contributed by atoms with E-state index in [0.717, 1.165) is 11.8 Å². The Hall–Kier alpha value is -4.09. The molecule has 0 radical (unpaired) electrons. The minimum atomic E-state index is -4.16. The van der Waals surface area contributed by atoms with Gasteiger partial charge in [0.15, 0.2) is 0 Å². The maximum atomic E-state index is 12.7. The Morgan fingerprint density at radius 1 is 0.921 bits per heavy atom. The number of benzene rings is 2. The van der Waals surface area contributed by atoms with E-state index in [1.165, 1.54) is 24.3 Å². The first-order valence-corrected chi connectivity index (χ1v) is 13.2. The van der Waals surface area contributed by atoms with Gasteiger partial charge >= 0.3 is 5.97 Å². The number of amides is 2. The van der Waals surface area contributed by atoms with Crippen LogP contribution in [-0.4, -0.2) is 56.1 Å². The lowest BCUT2D eigenvalue weighted by molar-refractivity contribution is 0.0212. The number of carbonyl (C=O) groups excluding carboxylic acids is 3. The monoisotopic (exact) mass is 539 g/mol. The first-order chi connectivity index (χ1) is 18.0. The van der Waals surface area contributed by atoms with E-state index in [0.29, 0.717) is 18.5 Å². The number of carbonyl (C=O) groups is 3. The number of rotatable bonds is 11. The Balaban J connectivity index is 1.54. The molecular weight excluding hydrogens is 510 g/mol. The van der Waals surface area contributed by atoms with E-state index in [4.69, 9.17) is 4.74 Å². The van der Waals surface area contributed by atoms with Gasteiger partial charge in [-0.3, -0.25) is 9.59 Å². The summed E-state index contributed by atoms with van der Waals surface area (Å²) in [5, 5.41) is 12.0. The number of aliphatic hydroxyl groups is 1. The second-order valence-corrected chi connectivity index (χ2v) is 11.0. The van der Waals surface area contributed by atoms with Crippen molar-refractivity contribution < 1.29 is 32.6 Å². The van der Waals surface area contributed by atoms with Gasteiger partial charge in [0.05, 0.1) is 23.7 Å². The Bertz CT molecular complexity index is 1370. The van der Waals surface area contributed by atoms with Crippen molar-refractivity contribution in [2.75, 3.05) is 19.8 Å². The summed E-state index contributed by atoms with van der Waals surface area (Å²) < 4.78 is 32.4. The first kappa shape index (κ1) is 28.5. The lowest BCUT2D eigenvalue weighted by Crippen LogP contribution is -2.30. The molecule has 2 aromatic carbocycles. The van der Waals surface area contributed by atoms with E-state index in [2.05, 4.69) is 10.3 Å². The minimum absolute atomic E-state index is 0.0222. The van der Waals surface area contributed by atoms with Crippen LogP contribution in [0.25, 0.3) is 0 Å². The molecule has 10 nitrogen and oxygen atoms in total. The van der Waals surface area contributed by atoms with Crippen LogP contribution < -0.4 is 10.0 Å². The van der Waals surface area contributed by atoms with Gasteiger partial charge in [0.1, 0.15) is 5.69 Å². The molecule has 3 aromatic rings. The van der Waals surface area contributed by atoms with Crippen molar-refractivity contribution >= 4 is 27.8 Å². The van der Waals surface area contributed by atoms with E-state index in [1.807, 2.05) is 10.8 Å². The van der Waals surface area contributed by atoms with Crippen molar-refractivity contribution in [3.05, 3.63) is 95.3 Å². The van der Waals surface area contributed by atoms with Gasteiger partial charge < -0.3 is 15.2 Å². The smallest absolute Gasteiger partial charge is 0.356 e.